The molecule has 0 radical (unpaired) electrons. The first-order chi connectivity index (χ1) is 14.8. The number of sulfone groups is 1. The highest BCUT2D eigenvalue weighted by Crippen LogP contribution is 2.32. The molecule has 1 aromatic heterocycles. The highest BCUT2D eigenvalue weighted by molar-refractivity contribution is 7.99. The van der Waals surface area contributed by atoms with Crippen molar-refractivity contribution in [2.45, 2.75) is 43.4 Å². The summed E-state index contributed by atoms with van der Waals surface area (Å²) in [4.78, 5) is 9.87. The van der Waals surface area contributed by atoms with E-state index in [0.29, 0.717) is 28.1 Å². The molecule has 0 aliphatic rings. The van der Waals surface area contributed by atoms with Crippen molar-refractivity contribution in [1.82, 2.24) is 9.97 Å². The van der Waals surface area contributed by atoms with Gasteiger partial charge < -0.3 is 10.6 Å². The maximum absolute atomic E-state index is 12.3. The number of anilines is 4. The number of hydrogen-bond donors (Lipinski definition) is 2. The normalized spacial score (nSPS) is 11.5. The fraction of sp³-hybridized carbons (Fsp3) is 0.304. The molecular formula is C23H28N4O2S2. The lowest BCUT2D eigenvalue weighted by atomic mass is 10.0. The van der Waals surface area contributed by atoms with Gasteiger partial charge in [-0.05, 0) is 47.6 Å². The first-order valence-electron chi connectivity index (χ1n) is 10.3. The van der Waals surface area contributed by atoms with E-state index in [2.05, 4.69) is 53.5 Å². The molecule has 0 saturated heterocycles. The maximum Gasteiger partial charge on any atom is 0.178 e. The fourth-order valence-electron chi connectivity index (χ4n) is 2.98. The van der Waals surface area contributed by atoms with Crippen LogP contribution in [0, 0.1) is 0 Å². The second-order valence-electron chi connectivity index (χ2n) is 7.31. The minimum atomic E-state index is -3.30. The van der Waals surface area contributed by atoms with E-state index >= 15 is 0 Å². The van der Waals surface area contributed by atoms with Crippen molar-refractivity contribution in [2.75, 3.05) is 22.1 Å². The first-order valence-corrected chi connectivity index (χ1v) is 12.9. The topological polar surface area (TPSA) is 84.0 Å². The summed E-state index contributed by atoms with van der Waals surface area (Å²) in [5.74, 6) is 2.64. The van der Waals surface area contributed by atoms with Gasteiger partial charge in [0, 0.05) is 16.6 Å². The quantitative estimate of drug-likeness (QED) is 0.382. The van der Waals surface area contributed by atoms with Crippen LogP contribution in [0.3, 0.4) is 0 Å². The van der Waals surface area contributed by atoms with Gasteiger partial charge in [-0.3, -0.25) is 0 Å². The zero-order valence-electron chi connectivity index (χ0n) is 18.2. The largest absolute Gasteiger partial charge is 0.340 e. The van der Waals surface area contributed by atoms with E-state index in [1.807, 2.05) is 18.2 Å². The minimum Gasteiger partial charge on any atom is -0.340 e. The van der Waals surface area contributed by atoms with Crippen LogP contribution in [-0.4, -0.2) is 29.9 Å². The molecule has 0 saturated carbocycles. The molecular weight excluding hydrogens is 428 g/mol. The number of benzene rings is 2. The van der Waals surface area contributed by atoms with E-state index in [1.54, 1.807) is 36.9 Å². The van der Waals surface area contributed by atoms with Crippen LogP contribution in [-0.2, 0) is 9.84 Å². The summed E-state index contributed by atoms with van der Waals surface area (Å²) >= 11 is 1.64. The van der Waals surface area contributed by atoms with Crippen molar-refractivity contribution in [3.8, 4) is 0 Å². The van der Waals surface area contributed by atoms with Gasteiger partial charge in [-0.25, -0.2) is 18.4 Å². The summed E-state index contributed by atoms with van der Waals surface area (Å²) in [6, 6.07) is 15.2. The molecule has 3 rings (SSSR count). The molecule has 0 fully saturated rings. The molecule has 1 heterocycles. The van der Waals surface area contributed by atoms with Gasteiger partial charge in [0.05, 0.1) is 16.3 Å². The lowest BCUT2D eigenvalue weighted by Gasteiger charge is -2.14. The third-order valence-electron chi connectivity index (χ3n) is 4.77. The summed E-state index contributed by atoms with van der Waals surface area (Å²) < 4.78 is 24.7. The van der Waals surface area contributed by atoms with Gasteiger partial charge in [0.25, 0.3) is 0 Å². The van der Waals surface area contributed by atoms with E-state index < -0.39 is 9.84 Å². The first kappa shape index (κ1) is 23.1. The van der Waals surface area contributed by atoms with Crippen LogP contribution in [0.25, 0.3) is 0 Å². The summed E-state index contributed by atoms with van der Waals surface area (Å²) in [7, 11) is -3.30. The second-order valence-corrected chi connectivity index (χ2v) is 10.9. The fourth-order valence-corrected chi connectivity index (χ4v) is 4.63. The SMILES string of the molecule is CCSc1ccc(S(=O)(=O)CC)cc1Nc1cc(Nc2ccc(C(C)C)cc2)ncn1. The molecule has 0 aliphatic carbocycles. The standard InChI is InChI=1S/C23H28N4O2S2/c1-5-30-21-12-11-19(31(28,29)6-2)13-20(21)27-23-14-22(24-15-25-23)26-18-9-7-17(8-10-18)16(3)4/h7-16H,5-6H2,1-4H3,(H2,24,25,26,27). The zero-order chi connectivity index (χ0) is 22.4. The number of aromatic nitrogens is 2. The van der Waals surface area contributed by atoms with Crippen molar-refractivity contribution in [2.24, 2.45) is 0 Å². The van der Waals surface area contributed by atoms with Crippen molar-refractivity contribution < 1.29 is 8.42 Å². The Kier molecular flexibility index (Phi) is 7.56. The number of hydrogen-bond acceptors (Lipinski definition) is 7. The second kappa shape index (κ2) is 10.2. The average molecular weight is 457 g/mol. The summed E-state index contributed by atoms with van der Waals surface area (Å²) in [5.41, 5.74) is 2.93. The van der Waals surface area contributed by atoms with Crippen LogP contribution >= 0.6 is 11.8 Å². The number of thioether (sulfide) groups is 1. The van der Waals surface area contributed by atoms with E-state index in [4.69, 9.17) is 0 Å². The molecule has 0 atom stereocenters. The Bertz CT molecular complexity index is 1130. The summed E-state index contributed by atoms with van der Waals surface area (Å²) in [6.07, 6.45) is 1.48. The monoisotopic (exact) mass is 456 g/mol. The lowest BCUT2D eigenvalue weighted by Crippen LogP contribution is -2.05. The molecule has 0 spiro atoms. The van der Waals surface area contributed by atoms with Crippen LogP contribution in [0.4, 0.5) is 23.0 Å². The Labute approximate surface area is 188 Å². The van der Waals surface area contributed by atoms with Crippen LogP contribution in [0.2, 0.25) is 0 Å². The van der Waals surface area contributed by atoms with E-state index in [1.165, 1.54) is 11.9 Å². The van der Waals surface area contributed by atoms with Crippen molar-refractivity contribution in [3.63, 3.8) is 0 Å². The van der Waals surface area contributed by atoms with Gasteiger partial charge in [0.1, 0.15) is 18.0 Å². The lowest BCUT2D eigenvalue weighted by molar-refractivity contribution is 0.597. The molecule has 2 N–H and O–H groups in total. The molecule has 3 aromatic rings. The van der Waals surface area contributed by atoms with E-state index in [0.717, 1.165) is 16.3 Å². The predicted molar refractivity (Wildman–Crippen MR) is 130 cm³/mol. The van der Waals surface area contributed by atoms with Crippen LogP contribution in [0.5, 0.6) is 0 Å². The highest BCUT2D eigenvalue weighted by atomic mass is 32.2. The number of nitrogens with one attached hydrogen (secondary N) is 2. The van der Waals surface area contributed by atoms with Gasteiger partial charge >= 0.3 is 0 Å². The van der Waals surface area contributed by atoms with E-state index in [9.17, 15) is 8.42 Å². The molecule has 8 heteroatoms. The van der Waals surface area contributed by atoms with Gasteiger partial charge in [-0.15, -0.1) is 11.8 Å². The third-order valence-corrected chi connectivity index (χ3v) is 7.46. The van der Waals surface area contributed by atoms with Gasteiger partial charge in [0.15, 0.2) is 9.84 Å². The van der Waals surface area contributed by atoms with Crippen LogP contribution < -0.4 is 10.6 Å². The van der Waals surface area contributed by atoms with Gasteiger partial charge in [-0.1, -0.05) is 39.8 Å². The Morgan fingerprint density at radius 3 is 2.23 bits per heavy atom. The molecule has 164 valence electrons. The van der Waals surface area contributed by atoms with Crippen LogP contribution in [0.1, 0.15) is 39.2 Å². The summed E-state index contributed by atoms with van der Waals surface area (Å²) in [6.45, 7) is 8.03. The smallest absolute Gasteiger partial charge is 0.178 e. The van der Waals surface area contributed by atoms with Crippen molar-refractivity contribution in [3.05, 3.63) is 60.4 Å². The third kappa shape index (κ3) is 5.98. The molecule has 0 bridgehead atoms. The Balaban J connectivity index is 1.85. The zero-order valence-corrected chi connectivity index (χ0v) is 19.8. The van der Waals surface area contributed by atoms with Crippen LogP contribution in [0.15, 0.2) is 64.6 Å². The molecule has 6 nitrogen and oxygen atoms in total. The predicted octanol–water partition coefficient (Wildman–Crippen LogP) is 5.99. The average Bonchev–Trinajstić information content (AvgIpc) is 2.75. The number of nitrogens with zero attached hydrogens (tertiary/aromatic N) is 2. The summed E-state index contributed by atoms with van der Waals surface area (Å²) in [5, 5.41) is 6.56. The Morgan fingerprint density at radius 1 is 0.935 bits per heavy atom. The van der Waals surface area contributed by atoms with Crippen molar-refractivity contribution >= 4 is 44.6 Å². The van der Waals surface area contributed by atoms with Gasteiger partial charge in [0.2, 0.25) is 0 Å². The molecule has 0 unspecified atom stereocenters. The molecule has 0 amide bonds. The Morgan fingerprint density at radius 2 is 1.61 bits per heavy atom. The van der Waals surface area contributed by atoms with E-state index in [-0.39, 0.29) is 5.75 Å². The molecule has 0 aliphatic heterocycles. The molecule has 31 heavy (non-hydrogen) atoms. The minimum absolute atomic E-state index is 0.0594. The number of rotatable bonds is 9. The Hall–Kier alpha value is -2.58. The van der Waals surface area contributed by atoms with Crippen molar-refractivity contribution in [1.29, 1.82) is 0 Å². The maximum atomic E-state index is 12.3. The van der Waals surface area contributed by atoms with Gasteiger partial charge in [-0.2, -0.15) is 0 Å². The molecule has 2 aromatic carbocycles. The highest BCUT2D eigenvalue weighted by Gasteiger charge is 2.15.